The Morgan fingerprint density at radius 1 is 0.386 bits per heavy atom. The minimum Gasteiger partial charge on any atom is -0.263 e. The normalized spacial score (nSPS) is 11.8. The molecule has 0 saturated heterocycles. The summed E-state index contributed by atoms with van der Waals surface area (Å²) in [5, 5.41) is 33.4. The van der Waals surface area contributed by atoms with Gasteiger partial charge < -0.3 is 0 Å². The molecule has 14 aromatic rings. The summed E-state index contributed by atoms with van der Waals surface area (Å²) in [5.41, 5.74) is 16.2. The van der Waals surface area contributed by atoms with Crippen LogP contribution >= 0.6 is 0 Å². The van der Waals surface area contributed by atoms with Gasteiger partial charge in [0.2, 0.25) is 0 Å². The standard InChI is InChI=1S/C76H64N12/c1-3-5-44-70-69(53-55-45-49-57(50-46-55)65-40-24-26-42-67(65)73-78-81-83-86(73)75(59-28-12-6-13-29-59,60-30-14-7-15-31-60)61-32-16-8-17-33-61)72-77-71(4-2)80-88(72)85(70)54-56-47-51-58(52-48-56)66-41-25-27-43-68(66)74-79-82-84-87(74)76(62-34-18-9-19-35-62,63-36-20-10-21-37-63)64-38-22-11-23-39-64/h6-43,45-52H,3-5,44,53-54H2,1-2H3. The lowest BCUT2D eigenvalue weighted by Crippen LogP contribution is -2.39. The van der Waals surface area contributed by atoms with Crippen LogP contribution in [0.3, 0.4) is 0 Å². The monoisotopic (exact) mass is 1140 g/mol. The van der Waals surface area contributed by atoms with Gasteiger partial charge >= 0.3 is 0 Å². The Hall–Kier alpha value is -11.0. The Bertz CT molecular complexity index is 4130. The van der Waals surface area contributed by atoms with Crippen molar-refractivity contribution >= 4 is 5.65 Å². The van der Waals surface area contributed by atoms with E-state index in [1.54, 1.807) is 0 Å². The van der Waals surface area contributed by atoms with Crippen molar-refractivity contribution < 1.29 is 0 Å². The van der Waals surface area contributed by atoms with Crippen LogP contribution in [0.15, 0.2) is 279 Å². The molecular formula is C76H64N12. The summed E-state index contributed by atoms with van der Waals surface area (Å²) >= 11 is 0. The van der Waals surface area contributed by atoms with Gasteiger partial charge in [-0.2, -0.15) is 4.63 Å². The highest BCUT2D eigenvalue weighted by molar-refractivity contribution is 5.82. The highest BCUT2D eigenvalue weighted by Gasteiger charge is 2.44. The van der Waals surface area contributed by atoms with Gasteiger partial charge in [0.05, 0.1) is 6.54 Å². The first-order valence-corrected chi connectivity index (χ1v) is 30.3. The number of hydrogen-bond donors (Lipinski definition) is 0. The fourth-order valence-corrected chi connectivity index (χ4v) is 13.0. The molecule has 88 heavy (non-hydrogen) atoms. The van der Waals surface area contributed by atoms with Crippen molar-refractivity contribution in [3.63, 3.8) is 0 Å². The zero-order chi connectivity index (χ0) is 59.3. The molecule has 0 atom stereocenters. The second-order valence-corrected chi connectivity index (χ2v) is 22.3. The van der Waals surface area contributed by atoms with Gasteiger partial charge in [-0.25, -0.2) is 14.3 Å². The van der Waals surface area contributed by atoms with Gasteiger partial charge in [0.1, 0.15) is 11.1 Å². The minimum atomic E-state index is -0.891. The minimum absolute atomic E-state index is 0.616. The molecule has 0 fully saturated rings. The third-order valence-corrected chi connectivity index (χ3v) is 17.2. The summed E-state index contributed by atoms with van der Waals surface area (Å²) in [7, 11) is 0. The molecule has 0 spiro atoms. The van der Waals surface area contributed by atoms with Gasteiger partial charge in [-0.15, -0.1) is 15.3 Å². The highest BCUT2D eigenvalue weighted by atomic mass is 15.6. The fraction of sp³-hybridized carbons (Fsp3) is 0.132. The summed E-state index contributed by atoms with van der Waals surface area (Å²) in [6, 6.07) is 98.0. The van der Waals surface area contributed by atoms with E-state index < -0.39 is 11.1 Å². The first-order chi connectivity index (χ1) is 43.6. The van der Waals surface area contributed by atoms with Crippen molar-refractivity contribution in [1.82, 2.24) is 59.8 Å². The Labute approximate surface area is 512 Å². The molecule has 0 aliphatic carbocycles. The van der Waals surface area contributed by atoms with Crippen molar-refractivity contribution in [3.05, 3.63) is 341 Å². The molecule has 4 aromatic heterocycles. The van der Waals surface area contributed by atoms with Crippen LogP contribution in [0.25, 0.3) is 50.7 Å². The Balaban J connectivity index is 0.794. The smallest absolute Gasteiger partial charge is 0.184 e. The summed E-state index contributed by atoms with van der Waals surface area (Å²) in [6.45, 7) is 4.99. The number of aryl methyl sites for hydroxylation is 1. The quantitative estimate of drug-likeness (QED) is 0.0692. The molecule has 10 aromatic carbocycles. The SMILES string of the molecule is CCCCc1c(Cc2ccc(-c3ccccc3-c3nnnn3C(c3ccccc3)(c3ccccc3)c3ccccc3)cc2)c2nc(CC)nn2n1Cc1ccc(-c2ccccc2-c2nnnn2C(c2ccccc2)(c2ccccc2)c2ccccc2)cc1. The molecular weight excluding hydrogens is 1080 g/mol. The van der Waals surface area contributed by atoms with Crippen molar-refractivity contribution in [1.29, 1.82) is 0 Å². The molecule has 0 saturated carbocycles. The molecule has 0 aliphatic rings. The van der Waals surface area contributed by atoms with Crippen LogP contribution < -0.4 is 0 Å². The van der Waals surface area contributed by atoms with E-state index in [1.165, 1.54) is 16.8 Å². The Morgan fingerprint density at radius 2 is 0.750 bits per heavy atom. The van der Waals surface area contributed by atoms with Crippen molar-refractivity contribution in [3.8, 4) is 45.0 Å². The van der Waals surface area contributed by atoms with Crippen LogP contribution in [0.2, 0.25) is 0 Å². The predicted octanol–water partition coefficient (Wildman–Crippen LogP) is 15.4. The number of benzene rings is 10. The van der Waals surface area contributed by atoms with Crippen molar-refractivity contribution in [2.24, 2.45) is 0 Å². The van der Waals surface area contributed by atoms with Crippen LogP contribution in [-0.4, -0.2) is 59.8 Å². The summed E-state index contributed by atoms with van der Waals surface area (Å²) < 4.78 is 8.43. The number of rotatable bonds is 20. The van der Waals surface area contributed by atoms with E-state index in [9.17, 15) is 0 Å². The molecule has 14 rings (SSSR count). The molecule has 12 heteroatoms. The predicted molar refractivity (Wildman–Crippen MR) is 347 cm³/mol. The summed E-state index contributed by atoms with van der Waals surface area (Å²) in [5.74, 6) is 2.13. The second kappa shape index (κ2) is 24.2. The second-order valence-electron chi connectivity index (χ2n) is 22.3. The fourth-order valence-electron chi connectivity index (χ4n) is 13.0. The third-order valence-electron chi connectivity index (χ3n) is 17.2. The van der Waals surface area contributed by atoms with Crippen LogP contribution in [0.4, 0.5) is 0 Å². The maximum absolute atomic E-state index is 5.22. The number of hydrogen-bond acceptors (Lipinski definition) is 8. The van der Waals surface area contributed by atoms with E-state index in [1.807, 2.05) is 45.8 Å². The van der Waals surface area contributed by atoms with Crippen LogP contribution in [0.1, 0.15) is 88.3 Å². The number of unbranched alkanes of at least 4 members (excludes halogenated alkanes) is 1. The number of fused-ring (bicyclic) bond motifs is 1. The first-order valence-electron chi connectivity index (χ1n) is 30.3. The van der Waals surface area contributed by atoms with E-state index in [4.69, 9.17) is 30.7 Å². The molecule has 12 nitrogen and oxygen atoms in total. The van der Waals surface area contributed by atoms with Gasteiger partial charge in [0.15, 0.2) is 23.1 Å². The number of aromatic nitrogens is 12. The molecule has 428 valence electrons. The largest absolute Gasteiger partial charge is 0.263 e. The van der Waals surface area contributed by atoms with Gasteiger partial charge in [0.25, 0.3) is 0 Å². The van der Waals surface area contributed by atoms with Crippen molar-refractivity contribution in [2.45, 2.75) is 63.6 Å². The van der Waals surface area contributed by atoms with E-state index in [0.29, 0.717) is 24.6 Å². The molecule has 0 N–H and O–H groups in total. The lowest BCUT2D eigenvalue weighted by molar-refractivity contribution is 0.451. The molecule has 4 heterocycles. The van der Waals surface area contributed by atoms with Gasteiger partial charge in [0, 0.05) is 35.2 Å². The Kier molecular flexibility index (Phi) is 15.1. The highest BCUT2D eigenvalue weighted by Crippen LogP contribution is 2.46. The maximum Gasteiger partial charge on any atom is 0.184 e. The lowest BCUT2D eigenvalue weighted by atomic mass is 9.77. The Morgan fingerprint density at radius 3 is 1.12 bits per heavy atom. The average molecular weight is 1150 g/mol. The van der Waals surface area contributed by atoms with E-state index >= 15 is 0 Å². The topological polar surface area (TPSA) is 122 Å². The van der Waals surface area contributed by atoms with Gasteiger partial charge in [-0.3, -0.25) is 4.68 Å². The summed E-state index contributed by atoms with van der Waals surface area (Å²) in [4.78, 5) is 5.22. The van der Waals surface area contributed by atoms with Crippen LogP contribution in [-0.2, 0) is 36.9 Å². The molecule has 0 radical (unpaired) electrons. The van der Waals surface area contributed by atoms with Crippen LogP contribution in [0, 0.1) is 0 Å². The molecule has 0 aliphatic heterocycles. The van der Waals surface area contributed by atoms with E-state index in [2.05, 4.69) is 276 Å². The number of nitrogens with zero attached hydrogens (tertiary/aromatic N) is 12. The zero-order valence-corrected chi connectivity index (χ0v) is 49.2. The zero-order valence-electron chi connectivity index (χ0n) is 49.2. The van der Waals surface area contributed by atoms with E-state index in [0.717, 1.165) is 109 Å². The van der Waals surface area contributed by atoms with Gasteiger partial charge in [-0.05, 0) is 100 Å². The van der Waals surface area contributed by atoms with Crippen molar-refractivity contribution in [2.75, 3.05) is 0 Å². The molecule has 0 bridgehead atoms. The number of tetrazole rings is 2. The first kappa shape index (κ1) is 54.9. The third kappa shape index (κ3) is 9.78. The molecule has 0 amide bonds. The average Bonchev–Trinajstić information content (AvgIpc) is 1.87. The maximum atomic E-state index is 5.22. The summed E-state index contributed by atoms with van der Waals surface area (Å²) in [6.07, 6.45) is 4.41. The van der Waals surface area contributed by atoms with E-state index in [-0.39, 0.29) is 0 Å². The lowest BCUT2D eigenvalue weighted by Gasteiger charge is -2.36. The van der Waals surface area contributed by atoms with Gasteiger partial charge in [-0.1, -0.05) is 299 Å². The molecule has 0 unspecified atom stereocenters. The van der Waals surface area contributed by atoms with Crippen LogP contribution in [0.5, 0.6) is 0 Å².